The van der Waals surface area contributed by atoms with Crippen molar-refractivity contribution >= 4 is 5.97 Å². The predicted molar refractivity (Wildman–Crippen MR) is 69.8 cm³/mol. The summed E-state index contributed by atoms with van der Waals surface area (Å²) in [5.74, 6) is -0.296. The lowest BCUT2D eigenvalue weighted by molar-refractivity contribution is 0.0662. The third kappa shape index (κ3) is 5.91. The summed E-state index contributed by atoms with van der Waals surface area (Å²) in [4.78, 5) is 11.5. The Bertz CT molecular complexity index is 341. The zero-order chi connectivity index (χ0) is 12.3. The molecule has 0 spiro atoms. The van der Waals surface area contributed by atoms with Crippen molar-refractivity contribution in [3.05, 3.63) is 48.2 Å². The van der Waals surface area contributed by atoms with Crippen LogP contribution in [0, 0.1) is 0 Å². The second-order valence-electron chi connectivity index (χ2n) is 3.99. The molecule has 92 valence electrons. The lowest BCUT2D eigenvalue weighted by atomic mass is 10.1. The van der Waals surface area contributed by atoms with Crippen LogP contribution >= 0.6 is 0 Å². The minimum Gasteiger partial charge on any atom is -0.431 e. The zero-order valence-corrected chi connectivity index (χ0v) is 10.4. The van der Waals surface area contributed by atoms with Crippen LogP contribution in [0.25, 0.3) is 0 Å². The molecule has 0 radical (unpaired) electrons. The summed E-state index contributed by atoms with van der Waals surface area (Å²) in [6.45, 7) is 2.19. The van der Waals surface area contributed by atoms with E-state index < -0.39 is 0 Å². The highest BCUT2D eigenvalue weighted by atomic mass is 16.5. The minimum absolute atomic E-state index is 0.296. The number of allylic oxidation sites excluding steroid dienone is 1. The van der Waals surface area contributed by atoms with Crippen LogP contribution in [0.1, 0.15) is 49.4 Å². The third-order valence-corrected chi connectivity index (χ3v) is 2.51. The van der Waals surface area contributed by atoms with Crippen molar-refractivity contribution in [1.29, 1.82) is 0 Å². The van der Waals surface area contributed by atoms with Gasteiger partial charge in [-0.2, -0.15) is 0 Å². The largest absolute Gasteiger partial charge is 0.431 e. The molecule has 0 heterocycles. The first-order valence-electron chi connectivity index (χ1n) is 6.25. The molecule has 1 rings (SSSR count). The second kappa shape index (κ2) is 8.57. The fraction of sp³-hybridized carbons (Fsp3) is 0.400. The summed E-state index contributed by atoms with van der Waals surface area (Å²) in [5, 5.41) is 0. The first kappa shape index (κ1) is 13.5. The Hall–Kier alpha value is -1.57. The lowest BCUT2D eigenvalue weighted by Gasteiger charge is -1.98. The molecule has 0 saturated heterocycles. The normalized spacial score (nSPS) is 10.6. The number of esters is 1. The van der Waals surface area contributed by atoms with Crippen molar-refractivity contribution in [3.8, 4) is 0 Å². The summed E-state index contributed by atoms with van der Waals surface area (Å²) < 4.78 is 5.02. The summed E-state index contributed by atoms with van der Waals surface area (Å²) in [7, 11) is 0. The highest BCUT2D eigenvalue weighted by molar-refractivity contribution is 5.89. The lowest BCUT2D eigenvalue weighted by Crippen LogP contribution is -1.99. The standard InChI is InChI=1S/C15H20O2/c1-2-3-4-5-6-10-13-17-15(16)14-11-8-7-9-12-14/h7-13H,2-6H2,1H3/b13-10-. The van der Waals surface area contributed by atoms with Crippen molar-refractivity contribution in [2.45, 2.75) is 39.0 Å². The van der Waals surface area contributed by atoms with E-state index in [4.69, 9.17) is 4.74 Å². The Morgan fingerprint density at radius 1 is 1.18 bits per heavy atom. The monoisotopic (exact) mass is 232 g/mol. The van der Waals surface area contributed by atoms with E-state index in [0.29, 0.717) is 5.56 Å². The number of rotatable bonds is 7. The van der Waals surface area contributed by atoms with Gasteiger partial charge in [0, 0.05) is 0 Å². The first-order valence-corrected chi connectivity index (χ1v) is 6.25. The number of ether oxygens (including phenoxy) is 1. The van der Waals surface area contributed by atoms with Crippen LogP contribution in [-0.2, 0) is 4.74 Å². The van der Waals surface area contributed by atoms with Crippen LogP contribution in [0.3, 0.4) is 0 Å². The maximum atomic E-state index is 11.5. The maximum absolute atomic E-state index is 11.5. The number of benzene rings is 1. The van der Waals surface area contributed by atoms with Crippen molar-refractivity contribution in [2.75, 3.05) is 0 Å². The third-order valence-electron chi connectivity index (χ3n) is 2.51. The SMILES string of the molecule is CCCCCC/C=C\OC(=O)c1ccccc1. The number of carbonyl (C=O) groups excluding carboxylic acids is 1. The van der Waals surface area contributed by atoms with Gasteiger partial charge in [0.15, 0.2) is 0 Å². The molecule has 0 bridgehead atoms. The van der Waals surface area contributed by atoms with Gasteiger partial charge in [-0.05, 0) is 31.1 Å². The van der Waals surface area contributed by atoms with E-state index in [1.807, 2.05) is 24.3 Å². The van der Waals surface area contributed by atoms with Crippen LogP contribution in [0.4, 0.5) is 0 Å². The highest BCUT2D eigenvalue weighted by Crippen LogP contribution is 2.04. The number of carbonyl (C=O) groups is 1. The van der Waals surface area contributed by atoms with Crippen LogP contribution in [0.5, 0.6) is 0 Å². The molecule has 0 aliphatic heterocycles. The van der Waals surface area contributed by atoms with Gasteiger partial charge in [-0.25, -0.2) is 4.79 Å². The fourth-order valence-corrected chi connectivity index (χ4v) is 1.51. The van der Waals surface area contributed by atoms with Gasteiger partial charge in [-0.15, -0.1) is 0 Å². The minimum atomic E-state index is -0.296. The maximum Gasteiger partial charge on any atom is 0.342 e. The molecule has 0 atom stereocenters. The molecule has 0 unspecified atom stereocenters. The number of hydrogen-bond donors (Lipinski definition) is 0. The second-order valence-corrected chi connectivity index (χ2v) is 3.99. The van der Waals surface area contributed by atoms with Crippen molar-refractivity contribution in [2.24, 2.45) is 0 Å². The highest BCUT2D eigenvalue weighted by Gasteiger charge is 2.02. The molecular weight excluding hydrogens is 212 g/mol. The summed E-state index contributed by atoms with van der Waals surface area (Å²) in [5.41, 5.74) is 0.586. The number of hydrogen-bond acceptors (Lipinski definition) is 2. The number of unbranched alkanes of at least 4 members (excludes halogenated alkanes) is 4. The van der Waals surface area contributed by atoms with Gasteiger partial charge >= 0.3 is 5.97 Å². The van der Waals surface area contributed by atoms with Crippen LogP contribution in [0.15, 0.2) is 42.7 Å². The van der Waals surface area contributed by atoms with E-state index in [9.17, 15) is 4.79 Å². The summed E-state index contributed by atoms with van der Waals surface area (Å²) >= 11 is 0. The molecule has 1 aromatic rings. The molecule has 1 aromatic carbocycles. The molecule has 0 fully saturated rings. The van der Waals surface area contributed by atoms with Gasteiger partial charge in [-0.1, -0.05) is 44.4 Å². The van der Waals surface area contributed by atoms with E-state index >= 15 is 0 Å². The molecule has 0 saturated carbocycles. The van der Waals surface area contributed by atoms with Gasteiger partial charge in [0.05, 0.1) is 11.8 Å². The Labute approximate surface area is 103 Å². The molecule has 2 heteroatoms. The molecule has 0 aliphatic carbocycles. The van der Waals surface area contributed by atoms with Crippen molar-refractivity contribution in [3.63, 3.8) is 0 Å². The molecule has 17 heavy (non-hydrogen) atoms. The van der Waals surface area contributed by atoms with Gasteiger partial charge in [-0.3, -0.25) is 0 Å². The van der Waals surface area contributed by atoms with E-state index in [-0.39, 0.29) is 5.97 Å². The van der Waals surface area contributed by atoms with E-state index in [1.54, 1.807) is 12.1 Å². The Balaban J connectivity index is 2.18. The van der Waals surface area contributed by atoms with E-state index in [0.717, 1.165) is 12.8 Å². The van der Waals surface area contributed by atoms with Crippen LogP contribution in [0.2, 0.25) is 0 Å². The topological polar surface area (TPSA) is 26.3 Å². The quantitative estimate of drug-likeness (QED) is 0.397. The van der Waals surface area contributed by atoms with Gasteiger partial charge in [0.1, 0.15) is 0 Å². The van der Waals surface area contributed by atoms with Gasteiger partial charge in [0.25, 0.3) is 0 Å². The molecule has 2 nitrogen and oxygen atoms in total. The van der Waals surface area contributed by atoms with Crippen LogP contribution < -0.4 is 0 Å². The van der Waals surface area contributed by atoms with Crippen LogP contribution in [-0.4, -0.2) is 5.97 Å². The average molecular weight is 232 g/mol. The zero-order valence-electron chi connectivity index (χ0n) is 10.4. The molecule has 0 amide bonds. The van der Waals surface area contributed by atoms with E-state index in [1.165, 1.54) is 25.5 Å². The van der Waals surface area contributed by atoms with Crippen molar-refractivity contribution < 1.29 is 9.53 Å². The summed E-state index contributed by atoms with van der Waals surface area (Å²) in [6, 6.07) is 9.02. The average Bonchev–Trinajstić information content (AvgIpc) is 2.38. The van der Waals surface area contributed by atoms with Crippen molar-refractivity contribution in [1.82, 2.24) is 0 Å². The molecule has 0 N–H and O–H groups in total. The molecular formula is C15H20O2. The fourth-order valence-electron chi connectivity index (χ4n) is 1.51. The molecule has 0 aliphatic rings. The summed E-state index contributed by atoms with van der Waals surface area (Å²) in [6.07, 6.45) is 9.31. The Kier molecular flexibility index (Phi) is 6.80. The first-order chi connectivity index (χ1) is 8.34. The van der Waals surface area contributed by atoms with E-state index in [2.05, 4.69) is 6.92 Å². The Morgan fingerprint density at radius 2 is 1.94 bits per heavy atom. The van der Waals surface area contributed by atoms with Gasteiger partial charge < -0.3 is 4.74 Å². The Morgan fingerprint density at radius 3 is 2.65 bits per heavy atom. The molecule has 0 aromatic heterocycles. The smallest absolute Gasteiger partial charge is 0.342 e. The van der Waals surface area contributed by atoms with Gasteiger partial charge in [0.2, 0.25) is 0 Å². The predicted octanol–water partition coefficient (Wildman–Crippen LogP) is 4.33.